The Balaban J connectivity index is 1.51. The Labute approximate surface area is 247 Å². The second-order valence-electron chi connectivity index (χ2n) is 10.4. The van der Waals surface area contributed by atoms with E-state index in [0.29, 0.717) is 5.82 Å². The van der Waals surface area contributed by atoms with Crippen LogP contribution < -0.4 is 0 Å². The van der Waals surface area contributed by atoms with Crippen LogP contribution in [0.15, 0.2) is 145 Å². The van der Waals surface area contributed by atoms with Crippen LogP contribution in [-0.4, -0.2) is 15.0 Å². The van der Waals surface area contributed by atoms with Gasteiger partial charge in [0, 0.05) is 39.4 Å². The number of rotatable bonds is 5. The van der Waals surface area contributed by atoms with Crippen molar-refractivity contribution < 1.29 is 4.74 Å². The average molecular weight is 560 g/mol. The third-order valence-corrected chi connectivity index (χ3v) is 8.98. The van der Waals surface area contributed by atoms with Crippen LogP contribution in [0.2, 0.25) is 0 Å². The van der Waals surface area contributed by atoms with E-state index in [2.05, 4.69) is 109 Å². The Morgan fingerprint density at radius 3 is 2.24 bits per heavy atom. The quantitative estimate of drug-likeness (QED) is 0.211. The lowest BCUT2D eigenvalue weighted by atomic mass is 9.75. The van der Waals surface area contributed by atoms with Crippen LogP contribution in [-0.2, 0) is 10.3 Å². The molecule has 3 aromatic heterocycles. The molecule has 200 valence electrons. The molecular formula is C37H25N3OS. The fourth-order valence-corrected chi connectivity index (χ4v) is 7.11. The topological polar surface area (TPSA) is 47.9 Å². The van der Waals surface area contributed by atoms with Gasteiger partial charge in [-0.3, -0.25) is 0 Å². The third kappa shape index (κ3) is 3.85. The Morgan fingerprint density at radius 1 is 0.643 bits per heavy atom. The van der Waals surface area contributed by atoms with E-state index in [1.165, 1.54) is 0 Å². The minimum Gasteiger partial charge on any atom is -0.472 e. The minimum atomic E-state index is -1.03. The number of hydrogen-bond acceptors (Lipinski definition) is 5. The molecule has 4 aromatic carbocycles. The summed E-state index contributed by atoms with van der Waals surface area (Å²) in [5.41, 5.74) is 3.83. The van der Waals surface area contributed by atoms with Gasteiger partial charge in [0.2, 0.25) is 5.60 Å². The normalized spacial score (nSPS) is 18.4. The number of benzene rings is 4. The second-order valence-corrected chi connectivity index (χ2v) is 11.4. The molecule has 0 fully saturated rings. The third-order valence-electron chi connectivity index (χ3n) is 8.04. The molecule has 42 heavy (non-hydrogen) atoms. The summed E-state index contributed by atoms with van der Waals surface area (Å²) in [6.45, 7) is 0. The number of nitrogens with zero attached hydrogens (tertiary/aromatic N) is 3. The predicted octanol–water partition coefficient (Wildman–Crippen LogP) is 8.87. The predicted molar refractivity (Wildman–Crippen MR) is 170 cm³/mol. The van der Waals surface area contributed by atoms with E-state index in [4.69, 9.17) is 19.7 Å². The summed E-state index contributed by atoms with van der Waals surface area (Å²) in [5, 5.41) is 5.49. The van der Waals surface area contributed by atoms with E-state index in [0.717, 1.165) is 54.7 Å². The summed E-state index contributed by atoms with van der Waals surface area (Å²) in [6, 6.07) is 43.9. The van der Waals surface area contributed by atoms with Crippen LogP contribution >= 0.6 is 11.3 Å². The van der Waals surface area contributed by atoms with Gasteiger partial charge in [-0.15, -0.1) is 11.3 Å². The summed E-state index contributed by atoms with van der Waals surface area (Å²) >= 11 is 1.72. The smallest absolute Gasteiger partial charge is 0.205 e. The summed E-state index contributed by atoms with van der Waals surface area (Å²) in [6.07, 6.45) is 3.59. The highest BCUT2D eigenvalue weighted by atomic mass is 32.1. The number of pyridine rings is 1. The highest BCUT2D eigenvalue weighted by molar-refractivity contribution is 7.10. The average Bonchev–Trinajstić information content (AvgIpc) is 3.72. The highest BCUT2D eigenvalue weighted by Gasteiger charge is 2.56. The van der Waals surface area contributed by atoms with E-state index in [9.17, 15) is 0 Å². The van der Waals surface area contributed by atoms with Crippen molar-refractivity contribution in [2.75, 3.05) is 0 Å². The van der Waals surface area contributed by atoms with Gasteiger partial charge in [-0.1, -0.05) is 103 Å². The van der Waals surface area contributed by atoms with Gasteiger partial charge in [-0.05, 0) is 40.4 Å². The van der Waals surface area contributed by atoms with Crippen molar-refractivity contribution in [3.63, 3.8) is 0 Å². The molecule has 0 spiro atoms. The summed E-state index contributed by atoms with van der Waals surface area (Å²) < 4.78 is 7.45. The molecule has 0 aliphatic carbocycles. The molecule has 0 saturated carbocycles. The first-order valence-electron chi connectivity index (χ1n) is 14.0. The number of fused-ring (bicyclic) bond motifs is 2. The molecule has 2 atom stereocenters. The lowest BCUT2D eigenvalue weighted by Gasteiger charge is -2.34. The largest absolute Gasteiger partial charge is 0.472 e. The first kappa shape index (κ1) is 24.6. The van der Waals surface area contributed by atoms with E-state index >= 15 is 0 Å². The molecule has 0 bridgehead atoms. The molecule has 4 heterocycles. The molecule has 0 amide bonds. The molecular weight excluding hydrogens is 534 g/mol. The molecule has 8 rings (SSSR count). The molecule has 5 heteroatoms. The van der Waals surface area contributed by atoms with Crippen LogP contribution in [0.1, 0.15) is 33.4 Å². The minimum absolute atomic E-state index is 0.259. The van der Waals surface area contributed by atoms with Crippen molar-refractivity contribution in [1.29, 1.82) is 0 Å². The Morgan fingerprint density at radius 2 is 1.40 bits per heavy atom. The molecule has 1 aliphatic heterocycles. The zero-order chi connectivity index (χ0) is 27.9. The van der Waals surface area contributed by atoms with Gasteiger partial charge in [-0.2, -0.15) is 0 Å². The van der Waals surface area contributed by atoms with Crippen LogP contribution in [0, 0.1) is 0 Å². The van der Waals surface area contributed by atoms with E-state index < -0.39 is 5.60 Å². The standard InChI is InChI=1S/C37H25N3OS/c1-2-14-27(15-3-1)37(36-38-22-10-23-39-36)34(32-19-9-24-42-32)33(31-21-20-26-12-5-7-18-30(26)40-31)35(41-37)29-17-8-13-25-11-4-6-16-28(25)29/h1-24,34H. The number of aromatic nitrogens is 3. The van der Waals surface area contributed by atoms with Crippen LogP contribution in [0.25, 0.3) is 33.0 Å². The summed E-state index contributed by atoms with van der Waals surface area (Å²) in [7, 11) is 0. The number of hydrogen-bond donors (Lipinski definition) is 0. The lowest BCUT2D eigenvalue weighted by Crippen LogP contribution is -2.36. The van der Waals surface area contributed by atoms with E-state index in [-0.39, 0.29) is 5.92 Å². The fourth-order valence-electron chi connectivity index (χ4n) is 6.22. The van der Waals surface area contributed by atoms with Gasteiger partial charge in [0.15, 0.2) is 5.82 Å². The second kappa shape index (κ2) is 10.1. The lowest BCUT2D eigenvalue weighted by molar-refractivity contribution is 0.0767. The van der Waals surface area contributed by atoms with Crippen LogP contribution in [0.3, 0.4) is 0 Å². The summed E-state index contributed by atoms with van der Waals surface area (Å²) in [4.78, 5) is 16.1. The summed E-state index contributed by atoms with van der Waals surface area (Å²) in [5.74, 6) is 1.15. The monoisotopic (exact) mass is 559 g/mol. The maximum absolute atomic E-state index is 7.45. The molecule has 0 radical (unpaired) electrons. The highest BCUT2D eigenvalue weighted by Crippen LogP contribution is 2.60. The van der Waals surface area contributed by atoms with Crippen molar-refractivity contribution in [1.82, 2.24) is 15.0 Å². The number of ether oxygens (including phenoxy) is 1. The van der Waals surface area contributed by atoms with Crippen LogP contribution in [0.4, 0.5) is 0 Å². The Hall–Kier alpha value is -5.13. The molecule has 0 saturated heterocycles. The Bertz CT molecular complexity index is 2030. The van der Waals surface area contributed by atoms with Crippen molar-refractivity contribution in [3.05, 3.63) is 173 Å². The van der Waals surface area contributed by atoms with E-state index in [1.54, 1.807) is 23.7 Å². The molecule has 2 unspecified atom stereocenters. The molecule has 7 aromatic rings. The first-order valence-corrected chi connectivity index (χ1v) is 14.8. The molecule has 1 aliphatic rings. The van der Waals surface area contributed by atoms with Crippen molar-refractivity contribution >= 4 is 44.3 Å². The number of thiophene rings is 1. The van der Waals surface area contributed by atoms with Crippen molar-refractivity contribution in [3.8, 4) is 0 Å². The Kier molecular flexibility index (Phi) is 5.90. The van der Waals surface area contributed by atoms with Gasteiger partial charge < -0.3 is 4.74 Å². The maximum Gasteiger partial charge on any atom is 0.205 e. The SMILES string of the molecule is c1ccc(C2(c3ncccn3)OC(c3cccc4ccccc34)=C(c3ccc4ccccc4n3)C2c2cccs2)cc1. The zero-order valence-electron chi connectivity index (χ0n) is 22.6. The number of para-hydroxylation sites is 1. The van der Waals surface area contributed by atoms with Gasteiger partial charge in [0.1, 0.15) is 5.76 Å². The maximum atomic E-state index is 7.45. The van der Waals surface area contributed by atoms with Gasteiger partial charge in [0.25, 0.3) is 0 Å². The van der Waals surface area contributed by atoms with Crippen molar-refractivity contribution in [2.45, 2.75) is 11.5 Å². The van der Waals surface area contributed by atoms with Crippen molar-refractivity contribution in [2.24, 2.45) is 0 Å². The van der Waals surface area contributed by atoms with E-state index in [1.807, 2.05) is 24.3 Å². The van der Waals surface area contributed by atoms with Crippen LogP contribution in [0.5, 0.6) is 0 Å². The molecule has 4 nitrogen and oxygen atoms in total. The first-order chi connectivity index (χ1) is 20.8. The van der Waals surface area contributed by atoms with Gasteiger partial charge in [-0.25, -0.2) is 15.0 Å². The van der Waals surface area contributed by atoms with Gasteiger partial charge >= 0.3 is 0 Å². The van der Waals surface area contributed by atoms with Gasteiger partial charge in [0.05, 0.1) is 17.1 Å². The zero-order valence-corrected chi connectivity index (χ0v) is 23.4. The molecule has 0 N–H and O–H groups in total. The fraction of sp³-hybridized carbons (Fsp3) is 0.0541.